The Kier molecular flexibility index (Phi) is 6.26. The summed E-state index contributed by atoms with van der Waals surface area (Å²) in [6.45, 7) is 9.98. The van der Waals surface area contributed by atoms with Crippen molar-refractivity contribution in [3.63, 3.8) is 0 Å². The average molecular weight is 213 g/mol. The number of ether oxygens (including phenoxy) is 1. The lowest BCUT2D eigenvalue weighted by molar-refractivity contribution is 0.165. The molecule has 0 aromatic carbocycles. The van der Waals surface area contributed by atoms with E-state index >= 15 is 0 Å². The van der Waals surface area contributed by atoms with Crippen LogP contribution in [0.2, 0.25) is 0 Å². The van der Waals surface area contributed by atoms with Gasteiger partial charge in [-0.15, -0.1) is 0 Å². The molecule has 0 aliphatic carbocycles. The summed E-state index contributed by atoms with van der Waals surface area (Å²) in [6.07, 6.45) is 5.09. The molecule has 1 saturated heterocycles. The van der Waals surface area contributed by atoms with Crippen molar-refractivity contribution in [2.45, 2.75) is 52.5 Å². The van der Waals surface area contributed by atoms with Crippen molar-refractivity contribution >= 4 is 0 Å². The van der Waals surface area contributed by atoms with Crippen LogP contribution in [0.25, 0.3) is 0 Å². The number of hydrogen-bond acceptors (Lipinski definition) is 2. The minimum absolute atomic E-state index is 0.674. The minimum atomic E-state index is 0.674. The van der Waals surface area contributed by atoms with E-state index in [9.17, 15) is 0 Å². The van der Waals surface area contributed by atoms with Crippen LogP contribution in [0.4, 0.5) is 0 Å². The van der Waals surface area contributed by atoms with E-state index in [1.165, 1.54) is 25.7 Å². The molecule has 0 bridgehead atoms. The van der Waals surface area contributed by atoms with Crippen molar-refractivity contribution in [3.8, 4) is 0 Å². The maximum Gasteiger partial charge on any atom is 0.0510 e. The van der Waals surface area contributed by atoms with Gasteiger partial charge < -0.3 is 10.1 Å². The van der Waals surface area contributed by atoms with Crippen LogP contribution in [0.15, 0.2) is 0 Å². The SMILES string of the molecule is CCCNC(C(C)CCC)C1CCOC1. The molecule has 15 heavy (non-hydrogen) atoms. The fraction of sp³-hybridized carbons (Fsp3) is 1.00. The zero-order valence-electron chi connectivity index (χ0n) is 10.6. The van der Waals surface area contributed by atoms with E-state index in [0.29, 0.717) is 6.04 Å². The topological polar surface area (TPSA) is 21.3 Å². The molecule has 0 aromatic heterocycles. The summed E-state index contributed by atoms with van der Waals surface area (Å²) >= 11 is 0. The van der Waals surface area contributed by atoms with Crippen molar-refractivity contribution in [1.82, 2.24) is 5.32 Å². The first-order valence-corrected chi connectivity index (χ1v) is 6.60. The van der Waals surface area contributed by atoms with E-state index in [1.54, 1.807) is 0 Å². The molecule has 2 nitrogen and oxygen atoms in total. The van der Waals surface area contributed by atoms with E-state index in [-0.39, 0.29) is 0 Å². The van der Waals surface area contributed by atoms with E-state index in [4.69, 9.17) is 4.74 Å². The summed E-state index contributed by atoms with van der Waals surface area (Å²) in [4.78, 5) is 0. The highest BCUT2D eigenvalue weighted by molar-refractivity contribution is 4.83. The number of nitrogens with one attached hydrogen (secondary N) is 1. The molecule has 0 radical (unpaired) electrons. The summed E-state index contributed by atoms with van der Waals surface area (Å²) in [5, 5.41) is 3.72. The number of rotatable bonds is 7. The quantitative estimate of drug-likeness (QED) is 0.702. The highest BCUT2D eigenvalue weighted by Crippen LogP contribution is 2.24. The van der Waals surface area contributed by atoms with Crippen LogP contribution in [-0.4, -0.2) is 25.8 Å². The Morgan fingerprint density at radius 1 is 1.33 bits per heavy atom. The van der Waals surface area contributed by atoms with E-state index in [2.05, 4.69) is 26.1 Å². The molecular formula is C13H27NO. The predicted octanol–water partition coefficient (Wildman–Crippen LogP) is 2.83. The van der Waals surface area contributed by atoms with Crippen molar-refractivity contribution in [2.75, 3.05) is 19.8 Å². The molecular weight excluding hydrogens is 186 g/mol. The van der Waals surface area contributed by atoms with Gasteiger partial charge in [0.1, 0.15) is 0 Å². The maximum absolute atomic E-state index is 5.51. The van der Waals surface area contributed by atoms with Crippen LogP contribution in [0.3, 0.4) is 0 Å². The third-order valence-corrected chi connectivity index (χ3v) is 3.46. The first-order chi connectivity index (χ1) is 7.29. The standard InChI is InChI=1S/C13H27NO/c1-4-6-11(3)13(14-8-5-2)12-7-9-15-10-12/h11-14H,4-10H2,1-3H3. The third-order valence-electron chi connectivity index (χ3n) is 3.46. The highest BCUT2D eigenvalue weighted by atomic mass is 16.5. The molecule has 0 amide bonds. The van der Waals surface area contributed by atoms with Crippen molar-refractivity contribution in [1.29, 1.82) is 0 Å². The third kappa shape index (κ3) is 4.12. The summed E-state index contributed by atoms with van der Waals surface area (Å²) in [5.41, 5.74) is 0. The van der Waals surface area contributed by atoms with Crippen LogP contribution in [0.1, 0.15) is 46.5 Å². The Morgan fingerprint density at radius 2 is 2.13 bits per heavy atom. The van der Waals surface area contributed by atoms with Gasteiger partial charge in [0.15, 0.2) is 0 Å². The Hall–Kier alpha value is -0.0800. The van der Waals surface area contributed by atoms with Crippen molar-refractivity contribution in [3.05, 3.63) is 0 Å². The Labute approximate surface area is 94.8 Å². The summed E-state index contributed by atoms with van der Waals surface area (Å²) in [7, 11) is 0. The lowest BCUT2D eigenvalue weighted by atomic mass is 9.86. The fourth-order valence-electron chi connectivity index (χ4n) is 2.61. The van der Waals surface area contributed by atoms with Crippen LogP contribution >= 0.6 is 0 Å². The molecule has 0 saturated carbocycles. The van der Waals surface area contributed by atoms with Crippen LogP contribution < -0.4 is 5.32 Å². The molecule has 1 aliphatic heterocycles. The molecule has 0 aromatic rings. The first kappa shape index (κ1) is 13.0. The van der Waals surface area contributed by atoms with Gasteiger partial charge >= 0.3 is 0 Å². The molecule has 1 heterocycles. The van der Waals surface area contributed by atoms with Gasteiger partial charge in [-0.05, 0) is 31.7 Å². The largest absolute Gasteiger partial charge is 0.381 e. The van der Waals surface area contributed by atoms with Gasteiger partial charge in [0.2, 0.25) is 0 Å². The summed E-state index contributed by atoms with van der Waals surface area (Å²) in [6, 6.07) is 0.674. The highest BCUT2D eigenvalue weighted by Gasteiger charge is 2.28. The molecule has 90 valence electrons. The van der Waals surface area contributed by atoms with E-state index in [1.807, 2.05) is 0 Å². The second-order valence-corrected chi connectivity index (χ2v) is 4.87. The second kappa shape index (κ2) is 7.24. The molecule has 1 fully saturated rings. The van der Waals surface area contributed by atoms with Gasteiger partial charge in [0.05, 0.1) is 6.61 Å². The lowest BCUT2D eigenvalue weighted by Gasteiger charge is -2.29. The van der Waals surface area contributed by atoms with Crippen molar-refractivity contribution in [2.24, 2.45) is 11.8 Å². The van der Waals surface area contributed by atoms with E-state index < -0.39 is 0 Å². The summed E-state index contributed by atoms with van der Waals surface area (Å²) < 4.78 is 5.51. The minimum Gasteiger partial charge on any atom is -0.381 e. The van der Waals surface area contributed by atoms with Crippen LogP contribution in [-0.2, 0) is 4.74 Å². The first-order valence-electron chi connectivity index (χ1n) is 6.60. The van der Waals surface area contributed by atoms with Crippen LogP contribution in [0.5, 0.6) is 0 Å². The Bertz CT molecular complexity index is 155. The van der Waals surface area contributed by atoms with E-state index in [0.717, 1.165) is 31.6 Å². The fourth-order valence-corrected chi connectivity index (χ4v) is 2.61. The molecule has 3 unspecified atom stereocenters. The van der Waals surface area contributed by atoms with Gasteiger partial charge in [0, 0.05) is 18.6 Å². The average Bonchev–Trinajstić information content (AvgIpc) is 2.72. The molecule has 1 rings (SSSR count). The molecule has 1 N–H and O–H groups in total. The normalized spacial score (nSPS) is 25.4. The van der Waals surface area contributed by atoms with Gasteiger partial charge in [-0.1, -0.05) is 27.2 Å². The molecule has 3 atom stereocenters. The predicted molar refractivity (Wildman–Crippen MR) is 65.1 cm³/mol. The number of hydrogen-bond donors (Lipinski definition) is 1. The Balaban J connectivity index is 2.42. The second-order valence-electron chi connectivity index (χ2n) is 4.87. The molecule has 0 spiro atoms. The monoisotopic (exact) mass is 213 g/mol. The smallest absolute Gasteiger partial charge is 0.0510 e. The van der Waals surface area contributed by atoms with Gasteiger partial charge in [-0.3, -0.25) is 0 Å². The van der Waals surface area contributed by atoms with Gasteiger partial charge in [-0.2, -0.15) is 0 Å². The summed E-state index contributed by atoms with van der Waals surface area (Å²) in [5.74, 6) is 1.53. The van der Waals surface area contributed by atoms with Crippen molar-refractivity contribution < 1.29 is 4.74 Å². The zero-order chi connectivity index (χ0) is 11.1. The zero-order valence-corrected chi connectivity index (χ0v) is 10.6. The lowest BCUT2D eigenvalue weighted by Crippen LogP contribution is -2.42. The van der Waals surface area contributed by atoms with Gasteiger partial charge in [0.25, 0.3) is 0 Å². The molecule has 2 heteroatoms. The van der Waals surface area contributed by atoms with Gasteiger partial charge in [-0.25, -0.2) is 0 Å². The van der Waals surface area contributed by atoms with Crippen LogP contribution in [0, 0.1) is 11.8 Å². The maximum atomic E-state index is 5.51. The molecule has 1 aliphatic rings. The Morgan fingerprint density at radius 3 is 2.67 bits per heavy atom.